The molecule has 1 saturated carbocycles. The van der Waals surface area contributed by atoms with E-state index in [9.17, 15) is 4.79 Å². The van der Waals surface area contributed by atoms with Gasteiger partial charge >= 0.3 is 5.97 Å². The number of likely N-dealkylation sites (tertiary alicyclic amines) is 1. The molecule has 2 aliphatic rings. The minimum absolute atomic E-state index is 0.0872. The van der Waals surface area contributed by atoms with Gasteiger partial charge in [-0.25, -0.2) is 0 Å². The minimum Gasteiger partial charge on any atom is -0.465 e. The Balaban J connectivity index is 1.72. The fraction of sp³-hybridized carbons (Fsp3) is 0.938. The highest BCUT2D eigenvalue weighted by atomic mass is 16.5. The van der Waals surface area contributed by atoms with Crippen molar-refractivity contribution >= 4 is 5.97 Å². The Bertz CT molecular complexity index is 333. The highest BCUT2D eigenvalue weighted by Crippen LogP contribution is 2.20. The zero-order valence-corrected chi connectivity index (χ0v) is 13.8. The smallest absolute Gasteiger partial charge is 0.323 e. The van der Waals surface area contributed by atoms with Crippen molar-refractivity contribution in [1.82, 2.24) is 15.1 Å². The van der Waals surface area contributed by atoms with Crippen LogP contribution < -0.4 is 5.32 Å². The predicted molar refractivity (Wildman–Crippen MR) is 84.3 cm³/mol. The highest BCUT2D eigenvalue weighted by molar-refractivity contribution is 5.75. The maximum Gasteiger partial charge on any atom is 0.323 e. The van der Waals surface area contributed by atoms with Crippen LogP contribution in [0.2, 0.25) is 0 Å². The van der Waals surface area contributed by atoms with Crippen molar-refractivity contribution in [2.75, 3.05) is 40.3 Å². The van der Waals surface area contributed by atoms with E-state index < -0.39 is 0 Å². The lowest BCUT2D eigenvalue weighted by Gasteiger charge is -2.27. The molecule has 2 rings (SSSR count). The number of esters is 1. The highest BCUT2D eigenvalue weighted by Gasteiger charge is 2.29. The van der Waals surface area contributed by atoms with E-state index in [-0.39, 0.29) is 12.0 Å². The molecule has 1 N–H and O–H groups in total. The average molecular weight is 297 g/mol. The lowest BCUT2D eigenvalue weighted by molar-refractivity contribution is -0.146. The van der Waals surface area contributed by atoms with Crippen molar-refractivity contribution in [1.29, 1.82) is 0 Å². The van der Waals surface area contributed by atoms with Gasteiger partial charge in [-0.05, 0) is 66.2 Å². The normalized spacial score (nSPS) is 24.5. The summed E-state index contributed by atoms with van der Waals surface area (Å²) in [6, 6.07) is 1.07. The quantitative estimate of drug-likeness (QED) is 0.645. The average Bonchev–Trinajstić information content (AvgIpc) is 3.18. The summed E-state index contributed by atoms with van der Waals surface area (Å²) < 4.78 is 5.19. The summed E-state index contributed by atoms with van der Waals surface area (Å²) in [7, 11) is 4.37. The largest absolute Gasteiger partial charge is 0.465 e. The summed E-state index contributed by atoms with van der Waals surface area (Å²) in [5.74, 6) is -0.0872. The maximum atomic E-state index is 12.0. The molecule has 0 aromatic carbocycles. The molecule has 1 aliphatic carbocycles. The van der Waals surface area contributed by atoms with E-state index in [0.717, 1.165) is 19.5 Å². The number of carbonyl (C=O) groups is 1. The van der Waals surface area contributed by atoms with Gasteiger partial charge in [0, 0.05) is 18.6 Å². The molecule has 0 aromatic heterocycles. The van der Waals surface area contributed by atoms with Crippen molar-refractivity contribution in [2.24, 2.45) is 0 Å². The second-order valence-corrected chi connectivity index (χ2v) is 6.57. The van der Waals surface area contributed by atoms with Gasteiger partial charge in [0.25, 0.3) is 0 Å². The molecule has 0 aromatic rings. The first-order valence-corrected chi connectivity index (χ1v) is 8.41. The summed E-state index contributed by atoms with van der Waals surface area (Å²) in [6.07, 6.45) is 5.83. The van der Waals surface area contributed by atoms with Crippen molar-refractivity contribution < 1.29 is 9.53 Å². The Morgan fingerprint density at radius 3 is 2.76 bits per heavy atom. The van der Waals surface area contributed by atoms with Gasteiger partial charge < -0.3 is 19.9 Å². The Labute approximate surface area is 129 Å². The molecule has 2 fully saturated rings. The zero-order chi connectivity index (χ0) is 15.2. The third-order valence-electron chi connectivity index (χ3n) is 4.58. The lowest BCUT2D eigenvalue weighted by Crippen LogP contribution is -2.43. The molecular formula is C16H31N3O2. The van der Waals surface area contributed by atoms with Gasteiger partial charge in [-0.3, -0.25) is 4.79 Å². The molecule has 5 nitrogen and oxygen atoms in total. The van der Waals surface area contributed by atoms with E-state index in [2.05, 4.69) is 29.2 Å². The molecule has 0 amide bonds. The zero-order valence-electron chi connectivity index (χ0n) is 13.8. The third-order valence-corrected chi connectivity index (χ3v) is 4.58. The van der Waals surface area contributed by atoms with Gasteiger partial charge in [-0.2, -0.15) is 0 Å². The second kappa shape index (κ2) is 8.11. The number of nitrogens with one attached hydrogen (secondary N) is 1. The number of carbonyl (C=O) groups excluding carboxylic acids is 1. The van der Waals surface area contributed by atoms with Gasteiger partial charge in [-0.15, -0.1) is 0 Å². The van der Waals surface area contributed by atoms with Gasteiger partial charge in [0.05, 0.1) is 6.61 Å². The number of hydrogen-bond acceptors (Lipinski definition) is 5. The summed E-state index contributed by atoms with van der Waals surface area (Å²) in [4.78, 5) is 16.8. The fourth-order valence-electron chi connectivity index (χ4n) is 3.06. The monoisotopic (exact) mass is 297 g/mol. The Kier molecular flexibility index (Phi) is 6.45. The van der Waals surface area contributed by atoms with Crippen LogP contribution in [0.15, 0.2) is 0 Å². The summed E-state index contributed by atoms with van der Waals surface area (Å²) in [5, 5.41) is 3.42. The van der Waals surface area contributed by atoms with Crippen LogP contribution in [-0.4, -0.2) is 74.2 Å². The first-order chi connectivity index (χ1) is 10.1. The standard InChI is InChI=1S/C16H31N3O2/c1-4-21-16(20)15(17-13-7-8-13)9-11-18(2)12-14-6-5-10-19(14)3/h13-15,17H,4-12H2,1-3H3. The summed E-state index contributed by atoms with van der Waals surface area (Å²) in [6.45, 7) is 5.58. The number of likely N-dealkylation sites (N-methyl/N-ethyl adjacent to an activating group) is 2. The van der Waals surface area contributed by atoms with Crippen LogP contribution in [0, 0.1) is 0 Å². The second-order valence-electron chi connectivity index (χ2n) is 6.57. The number of rotatable bonds is 9. The molecular weight excluding hydrogens is 266 g/mol. The van der Waals surface area contributed by atoms with Crippen LogP contribution >= 0.6 is 0 Å². The topological polar surface area (TPSA) is 44.8 Å². The van der Waals surface area contributed by atoms with E-state index >= 15 is 0 Å². The minimum atomic E-state index is -0.138. The lowest BCUT2D eigenvalue weighted by atomic mass is 10.1. The molecule has 0 radical (unpaired) electrons. The molecule has 5 heteroatoms. The summed E-state index contributed by atoms with van der Waals surface area (Å²) >= 11 is 0. The molecule has 21 heavy (non-hydrogen) atoms. The number of nitrogens with zero attached hydrogens (tertiary/aromatic N) is 2. The van der Waals surface area contributed by atoms with Crippen LogP contribution in [0.5, 0.6) is 0 Å². The first kappa shape index (κ1) is 16.7. The molecule has 0 bridgehead atoms. The van der Waals surface area contributed by atoms with Gasteiger partial charge in [0.1, 0.15) is 6.04 Å². The number of ether oxygens (including phenoxy) is 1. The fourth-order valence-corrected chi connectivity index (χ4v) is 3.06. The van der Waals surface area contributed by atoms with Crippen LogP contribution in [0.25, 0.3) is 0 Å². The van der Waals surface area contributed by atoms with Gasteiger partial charge in [-0.1, -0.05) is 0 Å². The molecule has 122 valence electrons. The molecule has 2 unspecified atom stereocenters. The van der Waals surface area contributed by atoms with Crippen molar-refractivity contribution in [3.8, 4) is 0 Å². The van der Waals surface area contributed by atoms with Crippen LogP contribution in [0.4, 0.5) is 0 Å². The van der Waals surface area contributed by atoms with E-state index in [1.165, 1.54) is 32.2 Å². The Morgan fingerprint density at radius 1 is 1.43 bits per heavy atom. The van der Waals surface area contributed by atoms with Crippen LogP contribution in [0.3, 0.4) is 0 Å². The van der Waals surface area contributed by atoms with E-state index in [1.807, 2.05) is 6.92 Å². The van der Waals surface area contributed by atoms with Gasteiger partial charge in [0.15, 0.2) is 0 Å². The SMILES string of the molecule is CCOC(=O)C(CCN(C)CC1CCCN1C)NC1CC1. The predicted octanol–water partition coefficient (Wildman–Crippen LogP) is 1.09. The van der Waals surface area contributed by atoms with Crippen molar-refractivity contribution in [3.63, 3.8) is 0 Å². The van der Waals surface area contributed by atoms with Crippen LogP contribution in [0.1, 0.15) is 39.0 Å². The molecule has 0 spiro atoms. The van der Waals surface area contributed by atoms with E-state index in [1.54, 1.807) is 0 Å². The van der Waals surface area contributed by atoms with E-state index in [4.69, 9.17) is 4.74 Å². The maximum absolute atomic E-state index is 12.0. The first-order valence-electron chi connectivity index (χ1n) is 8.41. The molecule has 1 aliphatic heterocycles. The van der Waals surface area contributed by atoms with Crippen LogP contribution in [-0.2, 0) is 9.53 Å². The Morgan fingerprint density at radius 2 is 2.19 bits per heavy atom. The third kappa shape index (κ3) is 5.57. The van der Waals surface area contributed by atoms with Crippen molar-refractivity contribution in [3.05, 3.63) is 0 Å². The molecule has 2 atom stereocenters. The molecule has 1 saturated heterocycles. The summed E-state index contributed by atoms with van der Waals surface area (Å²) in [5.41, 5.74) is 0. The van der Waals surface area contributed by atoms with E-state index in [0.29, 0.717) is 18.7 Å². The van der Waals surface area contributed by atoms with Gasteiger partial charge in [0.2, 0.25) is 0 Å². The molecule has 1 heterocycles. The van der Waals surface area contributed by atoms with Crippen molar-refractivity contribution in [2.45, 2.75) is 57.2 Å². The number of hydrogen-bond donors (Lipinski definition) is 1. The Hall–Kier alpha value is -0.650.